The fourth-order valence-corrected chi connectivity index (χ4v) is 7.38. The molecule has 0 aromatic rings. The molecule has 3 aliphatic rings. The summed E-state index contributed by atoms with van der Waals surface area (Å²) in [5.74, 6) is -0.285. The molecular weight excluding hydrogens is 496 g/mol. The lowest BCUT2D eigenvalue weighted by atomic mass is 10.0. The van der Waals surface area contributed by atoms with E-state index in [0.717, 1.165) is 44.9 Å². The van der Waals surface area contributed by atoms with Crippen LogP contribution in [0.3, 0.4) is 0 Å². The summed E-state index contributed by atoms with van der Waals surface area (Å²) >= 11 is 0. The Morgan fingerprint density at radius 1 is 0.789 bits per heavy atom. The van der Waals surface area contributed by atoms with Crippen molar-refractivity contribution >= 4 is 14.3 Å². The van der Waals surface area contributed by atoms with Crippen LogP contribution in [-0.2, 0) is 28.2 Å². The van der Waals surface area contributed by atoms with Crippen molar-refractivity contribution in [1.29, 1.82) is 0 Å². The number of carbonyl (C=O) groups is 1. The summed E-state index contributed by atoms with van der Waals surface area (Å²) in [6.45, 7) is 15.4. The van der Waals surface area contributed by atoms with Crippen molar-refractivity contribution < 1.29 is 28.2 Å². The summed E-state index contributed by atoms with van der Waals surface area (Å²) < 4.78 is 31.5. The summed E-state index contributed by atoms with van der Waals surface area (Å²) in [7, 11) is -1.89. The van der Waals surface area contributed by atoms with E-state index >= 15 is 0 Å². The van der Waals surface area contributed by atoms with E-state index in [1.54, 1.807) is 0 Å². The van der Waals surface area contributed by atoms with E-state index in [1.165, 1.54) is 58.3 Å². The van der Waals surface area contributed by atoms with Gasteiger partial charge in [-0.25, -0.2) is 0 Å². The summed E-state index contributed by atoms with van der Waals surface area (Å²) in [5.41, 5.74) is 0. The summed E-state index contributed by atoms with van der Waals surface area (Å²) in [4.78, 5) is 11.3. The van der Waals surface area contributed by atoms with Crippen LogP contribution in [0.5, 0.6) is 0 Å². The van der Waals surface area contributed by atoms with Gasteiger partial charge in [0, 0.05) is 13.3 Å². The average Bonchev–Trinajstić information content (AvgIpc) is 3.59. The molecule has 38 heavy (non-hydrogen) atoms. The third kappa shape index (κ3) is 9.57. The van der Waals surface area contributed by atoms with Gasteiger partial charge in [-0.3, -0.25) is 4.79 Å². The molecule has 0 aliphatic carbocycles. The van der Waals surface area contributed by atoms with Gasteiger partial charge in [0.2, 0.25) is 6.29 Å². The normalized spacial score (nSPS) is 31.1. The first-order valence-corrected chi connectivity index (χ1v) is 18.7. The maximum Gasteiger partial charge on any atom is 0.304 e. The lowest BCUT2D eigenvalue weighted by Gasteiger charge is -2.41. The standard InChI is InChI=1S/C31H58O6Si/c1-8-9-10-11-12-13-14-15-16-29(37-38(6,7)31(3,4)5)28-20-19-25(35-28)24-17-18-26(34-24)27-21-22-30(36-27)33-23(2)32/h24-30H,8-22H2,1-7H3/t24-,25+,26-,27+,28+,29+,30?/m1/s1. The molecule has 0 amide bonds. The van der Waals surface area contributed by atoms with Gasteiger partial charge in [0.25, 0.3) is 0 Å². The average molecular weight is 555 g/mol. The van der Waals surface area contributed by atoms with Crippen molar-refractivity contribution in [1.82, 2.24) is 0 Å². The number of ether oxygens (including phenoxy) is 4. The van der Waals surface area contributed by atoms with E-state index in [0.29, 0.717) is 0 Å². The van der Waals surface area contributed by atoms with Gasteiger partial charge in [-0.15, -0.1) is 0 Å². The molecule has 0 aromatic heterocycles. The molecule has 3 saturated heterocycles. The molecule has 3 fully saturated rings. The minimum atomic E-state index is -1.89. The lowest BCUT2D eigenvalue weighted by molar-refractivity contribution is -0.183. The highest BCUT2D eigenvalue weighted by Crippen LogP contribution is 2.41. The predicted octanol–water partition coefficient (Wildman–Crippen LogP) is 8.07. The monoisotopic (exact) mass is 554 g/mol. The highest BCUT2D eigenvalue weighted by atomic mass is 28.4. The molecule has 222 valence electrons. The molecule has 0 spiro atoms. The van der Waals surface area contributed by atoms with Crippen molar-refractivity contribution in [3.63, 3.8) is 0 Å². The minimum absolute atomic E-state index is 0.0122. The maximum absolute atomic E-state index is 11.3. The van der Waals surface area contributed by atoms with E-state index in [4.69, 9.17) is 23.4 Å². The Hall–Kier alpha value is -0.473. The maximum atomic E-state index is 11.3. The zero-order valence-corrected chi connectivity index (χ0v) is 26.6. The van der Waals surface area contributed by atoms with E-state index < -0.39 is 14.6 Å². The number of carbonyl (C=O) groups excluding carboxylic acids is 1. The topological polar surface area (TPSA) is 63.2 Å². The zero-order valence-electron chi connectivity index (χ0n) is 25.6. The van der Waals surface area contributed by atoms with E-state index in [-0.39, 0.29) is 47.6 Å². The Morgan fingerprint density at radius 3 is 1.92 bits per heavy atom. The van der Waals surface area contributed by atoms with E-state index in [9.17, 15) is 4.79 Å². The van der Waals surface area contributed by atoms with Gasteiger partial charge in [0.1, 0.15) is 0 Å². The summed E-state index contributed by atoms with van der Waals surface area (Å²) in [5, 5.41) is 0.190. The van der Waals surface area contributed by atoms with Crippen LogP contribution in [0.1, 0.15) is 131 Å². The van der Waals surface area contributed by atoms with Gasteiger partial charge in [-0.1, -0.05) is 79.1 Å². The van der Waals surface area contributed by atoms with Crippen LogP contribution in [-0.4, -0.2) is 57.2 Å². The highest BCUT2D eigenvalue weighted by molar-refractivity contribution is 6.74. The number of rotatable bonds is 15. The van der Waals surface area contributed by atoms with Crippen LogP contribution in [0.25, 0.3) is 0 Å². The smallest absolute Gasteiger partial charge is 0.304 e. The number of unbranched alkanes of at least 4 members (excludes halogenated alkanes) is 7. The molecule has 7 heteroatoms. The molecule has 0 N–H and O–H groups in total. The molecule has 3 aliphatic heterocycles. The lowest BCUT2D eigenvalue weighted by Crippen LogP contribution is -2.47. The van der Waals surface area contributed by atoms with Gasteiger partial charge in [0.15, 0.2) is 8.32 Å². The van der Waals surface area contributed by atoms with Crippen LogP contribution in [0, 0.1) is 0 Å². The first-order valence-electron chi connectivity index (χ1n) is 15.8. The first-order chi connectivity index (χ1) is 18.0. The Bertz CT molecular complexity index is 707. The number of hydrogen-bond donors (Lipinski definition) is 0. The fourth-order valence-electron chi connectivity index (χ4n) is 6.00. The quantitative estimate of drug-likeness (QED) is 0.116. The molecule has 0 saturated carbocycles. The van der Waals surface area contributed by atoms with Gasteiger partial charge < -0.3 is 23.4 Å². The predicted molar refractivity (Wildman–Crippen MR) is 155 cm³/mol. The molecule has 3 rings (SSSR count). The number of hydrogen-bond acceptors (Lipinski definition) is 6. The van der Waals surface area contributed by atoms with Crippen molar-refractivity contribution in [2.24, 2.45) is 0 Å². The fraction of sp³-hybridized carbons (Fsp3) is 0.968. The molecule has 0 bridgehead atoms. The Morgan fingerprint density at radius 2 is 1.32 bits per heavy atom. The minimum Gasteiger partial charge on any atom is -0.436 e. The SMILES string of the molecule is CCCCCCCCCC[C@H](O[Si](C)(C)C(C)(C)C)[C@@H]1CC[C@@H]([C@H]2CC[C@H]([C@@H]3CCC(OC(C)=O)O3)O2)O1. The largest absolute Gasteiger partial charge is 0.436 e. The molecule has 7 atom stereocenters. The second-order valence-corrected chi connectivity index (χ2v) is 18.3. The Labute approximate surface area is 234 Å². The van der Waals surface area contributed by atoms with Gasteiger partial charge in [-0.2, -0.15) is 0 Å². The van der Waals surface area contributed by atoms with E-state index in [2.05, 4.69) is 40.8 Å². The van der Waals surface area contributed by atoms with Crippen molar-refractivity contribution in [3.8, 4) is 0 Å². The van der Waals surface area contributed by atoms with Crippen LogP contribution >= 0.6 is 0 Å². The van der Waals surface area contributed by atoms with Crippen LogP contribution < -0.4 is 0 Å². The molecule has 6 nitrogen and oxygen atoms in total. The summed E-state index contributed by atoms with van der Waals surface area (Å²) in [6.07, 6.45) is 17.7. The Kier molecular flexibility index (Phi) is 12.6. The van der Waals surface area contributed by atoms with Crippen LogP contribution in [0.2, 0.25) is 18.1 Å². The van der Waals surface area contributed by atoms with Gasteiger partial charge in [-0.05, 0) is 56.7 Å². The molecule has 1 unspecified atom stereocenters. The van der Waals surface area contributed by atoms with Gasteiger partial charge in [0.05, 0.1) is 36.6 Å². The summed E-state index contributed by atoms with van der Waals surface area (Å²) in [6, 6.07) is 0. The Balaban J connectivity index is 1.49. The molecule has 0 aromatic carbocycles. The van der Waals surface area contributed by atoms with Crippen LogP contribution in [0.4, 0.5) is 0 Å². The van der Waals surface area contributed by atoms with Crippen LogP contribution in [0.15, 0.2) is 0 Å². The third-order valence-electron chi connectivity index (χ3n) is 9.32. The van der Waals surface area contributed by atoms with Crippen molar-refractivity contribution in [2.75, 3.05) is 0 Å². The van der Waals surface area contributed by atoms with Gasteiger partial charge >= 0.3 is 5.97 Å². The second-order valence-electron chi connectivity index (χ2n) is 13.6. The number of esters is 1. The zero-order chi connectivity index (χ0) is 27.8. The molecule has 0 radical (unpaired) electrons. The highest BCUT2D eigenvalue weighted by Gasteiger charge is 2.46. The third-order valence-corrected chi connectivity index (χ3v) is 13.8. The first kappa shape index (κ1) is 32.0. The van der Waals surface area contributed by atoms with Crippen molar-refractivity contribution in [2.45, 2.75) is 192 Å². The molecule has 3 heterocycles. The van der Waals surface area contributed by atoms with E-state index in [1.807, 2.05) is 0 Å². The van der Waals surface area contributed by atoms with Crippen molar-refractivity contribution in [3.05, 3.63) is 0 Å². The second kappa shape index (κ2) is 15.0. The molecular formula is C31H58O6Si.